The number of allylic oxidation sites excluding steroid dienone is 1. The van der Waals surface area contributed by atoms with Crippen LogP contribution in [0.15, 0.2) is 83.4 Å². The van der Waals surface area contributed by atoms with Crippen LogP contribution in [0.2, 0.25) is 10.0 Å². The van der Waals surface area contributed by atoms with E-state index in [1.165, 1.54) is 47.2 Å². The van der Waals surface area contributed by atoms with Gasteiger partial charge in [-0.2, -0.15) is 0 Å². The number of nitrogens with one attached hydrogen (secondary N) is 2. The third-order valence-electron chi connectivity index (χ3n) is 12.2. The van der Waals surface area contributed by atoms with Crippen LogP contribution in [0, 0.1) is 15.5 Å². The molecule has 4 N–H and O–H groups in total. The van der Waals surface area contributed by atoms with E-state index < -0.39 is 31.4 Å². The number of aromatic nitrogens is 1. The summed E-state index contributed by atoms with van der Waals surface area (Å²) in [6.07, 6.45) is 5.28. The highest BCUT2D eigenvalue weighted by Crippen LogP contribution is 2.43. The molecule has 0 unspecified atom stereocenters. The van der Waals surface area contributed by atoms with E-state index in [0.717, 1.165) is 68.6 Å². The minimum absolute atomic E-state index is 0.0486. The van der Waals surface area contributed by atoms with Crippen molar-refractivity contribution in [1.29, 1.82) is 0 Å². The number of nitro groups is 1. The summed E-state index contributed by atoms with van der Waals surface area (Å²) in [4.78, 5) is 36.0. The van der Waals surface area contributed by atoms with Gasteiger partial charge in [-0.05, 0) is 78.6 Å². The number of hydrogen-bond acceptors (Lipinski definition) is 13. The normalized spacial score (nSPS) is 19.9. The molecule has 328 valence electrons. The first-order valence-corrected chi connectivity index (χ1v) is 23.0. The fraction of sp³-hybridized carbons (Fsp3) is 0.409. The average Bonchev–Trinajstić information content (AvgIpc) is 3.66. The zero-order valence-corrected chi connectivity index (χ0v) is 36.9. The molecule has 8 rings (SSSR count). The third-order valence-corrected chi connectivity index (χ3v) is 14.1. The molecule has 0 radical (unpaired) electrons. The summed E-state index contributed by atoms with van der Waals surface area (Å²) in [7, 11) is -4.59. The van der Waals surface area contributed by atoms with Gasteiger partial charge in [0.25, 0.3) is 21.6 Å². The standard InChI is InChI=1S/C44H50Cl2N8O7S/c1-44(2)13-11-29(37(22-44)28-3-5-30(45)6-4-28)24-51-15-17-52(18-16-51)32-7-9-36(41(19-32)61-34-20-38(46)42(47)48-23-34)43(55)50-62(58,59)35-8-10-39(40(21-35)54(56)57)49-31-12-14-53(25-31)33-26-60-27-33/h3-10,19-21,23,31,33,49H,11-18,22,24-27H2,1-2H3,(H2,47,48)(H,50,55)/t31-/m0/s1. The molecule has 15 nitrogen and oxygen atoms in total. The summed E-state index contributed by atoms with van der Waals surface area (Å²) >= 11 is 12.5. The number of carbonyl (C=O) groups is 1. The summed E-state index contributed by atoms with van der Waals surface area (Å²) in [6.45, 7) is 11.3. The van der Waals surface area contributed by atoms with Crippen LogP contribution in [0.5, 0.6) is 11.5 Å². The number of rotatable bonds is 13. The Bertz CT molecular complexity index is 2490. The maximum atomic E-state index is 13.9. The second kappa shape index (κ2) is 18.0. The molecule has 3 aliphatic heterocycles. The first-order chi connectivity index (χ1) is 29.6. The van der Waals surface area contributed by atoms with Crippen LogP contribution in [-0.2, 0) is 14.8 Å². The smallest absolute Gasteiger partial charge is 0.293 e. The van der Waals surface area contributed by atoms with Gasteiger partial charge in [0.2, 0.25) is 0 Å². The molecule has 1 atom stereocenters. The van der Waals surface area contributed by atoms with Crippen molar-refractivity contribution in [2.75, 3.05) is 75.0 Å². The van der Waals surface area contributed by atoms with Crippen LogP contribution in [0.3, 0.4) is 0 Å². The molecule has 0 saturated carbocycles. The second-order valence-corrected chi connectivity index (χ2v) is 19.7. The molecule has 1 aliphatic carbocycles. The lowest BCUT2D eigenvalue weighted by molar-refractivity contribution is -0.384. The number of nitrogens with two attached hydrogens (primary N) is 1. The van der Waals surface area contributed by atoms with Gasteiger partial charge in [-0.25, -0.2) is 18.1 Å². The van der Waals surface area contributed by atoms with E-state index in [0.29, 0.717) is 38.9 Å². The van der Waals surface area contributed by atoms with Crippen molar-refractivity contribution in [3.05, 3.63) is 110 Å². The van der Waals surface area contributed by atoms with Crippen molar-refractivity contribution in [3.63, 3.8) is 0 Å². The number of nitrogens with zero attached hydrogens (tertiary/aromatic N) is 5. The van der Waals surface area contributed by atoms with E-state index in [4.69, 9.17) is 38.4 Å². The molecule has 4 aliphatic rings. The van der Waals surface area contributed by atoms with E-state index in [1.54, 1.807) is 12.1 Å². The van der Waals surface area contributed by atoms with Gasteiger partial charge in [-0.3, -0.25) is 24.7 Å². The van der Waals surface area contributed by atoms with Gasteiger partial charge < -0.3 is 25.4 Å². The molecule has 62 heavy (non-hydrogen) atoms. The van der Waals surface area contributed by atoms with E-state index >= 15 is 0 Å². The number of nitro benzene ring substituents is 1. The van der Waals surface area contributed by atoms with Crippen molar-refractivity contribution in [1.82, 2.24) is 19.5 Å². The summed E-state index contributed by atoms with van der Waals surface area (Å²) < 4.78 is 40.9. The molecule has 3 fully saturated rings. The minimum Gasteiger partial charge on any atom is -0.455 e. The number of halogens is 2. The highest BCUT2D eigenvalue weighted by Gasteiger charge is 2.34. The number of amides is 1. The Kier molecular flexibility index (Phi) is 12.7. The fourth-order valence-electron chi connectivity index (χ4n) is 8.57. The number of nitrogen functional groups attached to an aromatic ring is 1. The SMILES string of the molecule is CC1(C)CCC(CN2CCN(c3ccc(C(=O)NS(=O)(=O)c4ccc(N[C@H]5CCN(C6COC6)C5)c([N+](=O)[O-])c4)c(Oc4cnc(N)c(Cl)c4)c3)CC2)=C(c2ccc(Cl)cc2)C1. The number of pyridine rings is 1. The molecule has 3 aromatic carbocycles. The Morgan fingerprint density at radius 2 is 1.79 bits per heavy atom. The third kappa shape index (κ3) is 9.96. The first kappa shape index (κ1) is 43.7. The van der Waals surface area contributed by atoms with Gasteiger partial charge in [0.05, 0.1) is 45.9 Å². The molecule has 1 aromatic heterocycles. The Labute approximate surface area is 371 Å². The van der Waals surface area contributed by atoms with Gasteiger partial charge in [0.15, 0.2) is 0 Å². The minimum atomic E-state index is -4.59. The van der Waals surface area contributed by atoms with E-state index in [2.05, 4.69) is 55.7 Å². The monoisotopic (exact) mass is 904 g/mol. The van der Waals surface area contributed by atoms with Crippen LogP contribution in [-0.4, -0.2) is 105 Å². The predicted molar refractivity (Wildman–Crippen MR) is 241 cm³/mol. The summed E-state index contributed by atoms with van der Waals surface area (Å²) in [5.41, 5.74) is 10.6. The lowest BCUT2D eigenvalue weighted by atomic mass is 9.72. The second-order valence-electron chi connectivity index (χ2n) is 17.2. The van der Waals surface area contributed by atoms with Crippen LogP contribution in [0.1, 0.15) is 55.5 Å². The van der Waals surface area contributed by atoms with Crippen molar-refractivity contribution < 1.29 is 27.6 Å². The van der Waals surface area contributed by atoms with Crippen molar-refractivity contribution >= 4 is 67.6 Å². The Hall–Kier alpha value is -4.97. The number of likely N-dealkylation sites (tertiary alicyclic amines) is 1. The summed E-state index contributed by atoms with van der Waals surface area (Å²) in [6, 6.07) is 18.3. The highest BCUT2D eigenvalue weighted by atomic mass is 35.5. The van der Waals surface area contributed by atoms with Crippen LogP contribution in [0.4, 0.5) is 22.9 Å². The number of carbonyl (C=O) groups excluding carboxylic acids is 1. The molecule has 4 aromatic rings. The lowest BCUT2D eigenvalue weighted by Gasteiger charge is -2.39. The van der Waals surface area contributed by atoms with Crippen molar-refractivity contribution in [2.24, 2.45) is 5.41 Å². The number of hydrogen-bond donors (Lipinski definition) is 3. The van der Waals surface area contributed by atoms with Crippen molar-refractivity contribution in [2.45, 2.75) is 56.5 Å². The lowest BCUT2D eigenvalue weighted by Crippen LogP contribution is -2.48. The zero-order chi connectivity index (χ0) is 43.8. The first-order valence-electron chi connectivity index (χ1n) is 20.7. The molecular formula is C44H50Cl2N8O7S. The van der Waals surface area contributed by atoms with E-state index in [9.17, 15) is 23.3 Å². The Morgan fingerprint density at radius 3 is 2.48 bits per heavy atom. The highest BCUT2D eigenvalue weighted by molar-refractivity contribution is 7.90. The molecular weight excluding hydrogens is 856 g/mol. The fourth-order valence-corrected chi connectivity index (χ4v) is 9.84. The zero-order valence-electron chi connectivity index (χ0n) is 34.6. The maximum absolute atomic E-state index is 13.9. The Morgan fingerprint density at radius 1 is 1.03 bits per heavy atom. The quantitative estimate of drug-likeness (QED) is 0.0888. The van der Waals surface area contributed by atoms with Gasteiger partial charge in [0, 0.05) is 80.8 Å². The van der Waals surface area contributed by atoms with Gasteiger partial charge in [-0.15, -0.1) is 0 Å². The van der Waals surface area contributed by atoms with Crippen LogP contribution < -0.4 is 25.4 Å². The number of benzene rings is 3. The topological polar surface area (TPSA) is 186 Å². The Balaban J connectivity index is 0.986. The van der Waals surface area contributed by atoms with Gasteiger partial charge in [0.1, 0.15) is 23.0 Å². The largest absolute Gasteiger partial charge is 0.455 e. The maximum Gasteiger partial charge on any atom is 0.293 e. The van der Waals surface area contributed by atoms with E-state index in [1.807, 2.05) is 12.1 Å². The van der Waals surface area contributed by atoms with Crippen LogP contribution >= 0.6 is 23.2 Å². The average molecular weight is 906 g/mol. The molecule has 18 heteroatoms. The van der Waals surface area contributed by atoms with Gasteiger partial charge in [-0.1, -0.05) is 54.8 Å². The van der Waals surface area contributed by atoms with Gasteiger partial charge >= 0.3 is 0 Å². The number of ether oxygens (including phenoxy) is 2. The van der Waals surface area contributed by atoms with Crippen molar-refractivity contribution in [3.8, 4) is 11.5 Å². The molecule has 0 bridgehead atoms. The summed E-state index contributed by atoms with van der Waals surface area (Å²) in [5.74, 6) is -0.685. The number of piperazine rings is 1. The van der Waals surface area contributed by atoms with Crippen LogP contribution in [0.25, 0.3) is 5.57 Å². The molecule has 3 saturated heterocycles. The molecule has 0 spiro atoms. The molecule has 4 heterocycles. The molecule has 1 amide bonds. The summed E-state index contributed by atoms with van der Waals surface area (Å²) in [5, 5.41) is 16.3. The number of sulfonamides is 1. The predicted octanol–water partition coefficient (Wildman–Crippen LogP) is 7.46. The van der Waals surface area contributed by atoms with E-state index in [-0.39, 0.29) is 45.0 Å². The number of anilines is 3.